The molecule has 1 aromatic carbocycles. The number of amides is 2. The largest absolute Gasteiger partial charge is 0.350 e. The minimum Gasteiger partial charge on any atom is -0.350 e. The van der Waals surface area contributed by atoms with E-state index in [9.17, 15) is 9.59 Å². The number of para-hydroxylation sites is 1. The third kappa shape index (κ3) is 4.88. The summed E-state index contributed by atoms with van der Waals surface area (Å²) in [5, 5.41) is 2.90. The van der Waals surface area contributed by atoms with Crippen LogP contribution in [0.5, 0.6) is 0 Å². The van der Waals surface area contributed by atoms with Gasteiger partial charge in [-0.1, -0.05) is 25.1 Å². The molecular formula is C17H26N2O2. The highest BCUT2D eigenvalue weighted by Gasteiger charge is 2.22. The van der Waals surface area contributed by atoms with Crippen LogP contribution in [0.1, 0.15) is 45.7 Å². The van der Waals surface area contributed by atoms with Crippen molar-refractivity contribution in [3.63, 3.8) is 0 Å². The second-order valence-corrected chi connectivity index (χ2v) is 6.34. The number of benzene rings is 1. The molecular weight excluding hydrogens is 264 g/mol. The first-order valence-electron chi connectivity index (χ1n) is 7.33. The molecule has 0 spiro atoms. The molecule has 116 valence electrons. The number of carbonyl (C=O) groups excluding carboxylic acids is 2. The predicted molar refractivity (Wildman–Crippen MR) is 86.5 cm³/mol. The molecule has 0 aromatic heterocycles. The normalized spacial score (nSPS) is 11.1. The van der Waals surface area contributed by atoms with Crippen molar-refractivity contribution in [2.45, 2.75) is 53.5 Å². The summed E-state index contributed by atoms with van der Waals surface area (Å²) in [7, 11) is 0. The van der Waals surface area contributed by atoms with Crippen LogP contribution in [-0.4, -0.2) is 23.9 Å². The van der Waals surface area contributed by atoms with E-state index in [2.05, 4.69) is 5.32 Å². The quantitative estimate of drug-likeness (QED) is 0.927. The third-order valence-electron chi connectivity index (χ3n) is 3.17. The van der Waals surface area contributed by atoms with E-state index in [4.69, 9.17) is 0 Å². The number of nitrogens with one attached hydrogen (secondary N) is 1. The van der Waals surface area contributed by atoms with E-state index >= 15 is 0 Å². The van der Waals surface area contributed by atoms with Crippen LogP contribution < -0.4 is 10.2 Å². The number of nitrogens with zero attached hydrogens (tertiary/aromatic N) is 1. The molecule has 0 atom stereocenters. The Kier molecular flexibility index (Phi) is 5.53. The minimum atomic E-state index is -0.307. The minimum absolute atomic E-state index is 0.0461. The summed E-state index contributed by atoms with van der Waals surface area (Å²) in [4.78, 5) is 25.7. The molecule has 1 N–H and O–H groups in total. The maximum Gasteiger partial charge on any atom is 0.240 e. The van der Waals surface area contributed by atoms with Gasteiger partial charge < -0.3 is 10.2 Å². The average molecular weight is 290 g/mol. The summed E-state index contributed by atoms with van der Waals surface area (Å²) in [6.45, 7) is 11.3. The first-order chi connectivity index (χ1) is 9.65. The Morgan fingerprint density at radius 1 is 1.24 bits per heavy atom. The molecule has 4 nitrogen and oxygen atoms in total. The van der Waals surface area contributed by atoms with Gasteiger partial charge >= 0.3 is 0 Å². The smallest absolute Gasteiger partial charge is 0.240 e. The van der Waals surface area contributed by atoms with Crippen molar-refractivity contribution < 1.29 is 9.59 Å². The van der Waals surface area contributed by atoms with Crippen LogP contribution in [0.4, 0.5) is 5.69 Å². The molecule has 1 aromatic rings. The fraction of sp³-hybridized carbons (Fsp3) is 0.529. The van der Waals surface area contributed by atoms with Crippen molar-refractivity contribution >= 4 is 17.5 Å². The van der Waals surface area contributed by atoms with E-state index in [1.54, 1.807) is 4.90 Å². The van der Waals surface area contributed by atoms with E-state index in [0.717, 1.165) is 23.2 Å². The van der Waals surface area contributed by atoms with Crippen LogP contribution in [0.25, 0.3) is 0 Å². The van der Waals surface area contributed by atoms with Crippen LogP contribution >= 0.6 is 0 Å². The van der Waals surface area contributed by atoms with Gasteiger partial charge in [0.15, 0.2) is 0 Å². The van der Waals surface area contributed by atoms with Crippen molar-refractivity contribution in [1.82, 2.24) is 5.32 Å². The van der Waals surface area contributed by atoms with Gasteiger partial charge in [0.05, 0.1) is 5.69 Å². The molecule has 0 aliphatic heterocycles. The maximum atomic E-state index is 12.2. The standard InChI is InChI=1S/C17H26N2O2/c1-7-14-10-8-9-12(2)16(14)19(13(3)20)11-15(21)18-17(4,5)6/h8-10H,7,11H2,1-6H3,(H,18,21). The van der Waals surface area contributed by atoms with Crippen molar-refractivity contribution in [2.75, 3.05) is 11.4 Å². The Morgan fingerprint density at radius 2 is 1.86 bits per heavy atom. The first kappa shape index (κ1) is 17.2. The van der Waals surface area contributed by atoms with Gasteiger partial charge in [0.2, 0.25) is 11.8 Å². The lowest BCUT2D eigenvalue weighted by atomic mass is 10.0. The van der Waals surface area contributed by atoms with Crippen LogP contribution in [0.3, 0.4) is 0 Å². The summed E-state index contributed by atoms with van der Waals surface area (Å²) < 4.78 is 0. The molecule has 21 heavy (non-hydrogen) atoms. The first-order valence-corrected chi connectivity index (χ1v) is 7.33. The number of anilines is 1. The van der Waals surface area contributed by atoms with Crippen molar-refractivity contribution in [3.8, 4) is 0 Å². The molecule has 1 rings (SSSR count). The molecule has 2 amide bonds. The van der Waals surface area contributed by atoms with Crippen molar-refractivity contribution in [3.05, 3.63) is 29.3 Å². The van der Waals surface area contributed by atoms with Gasteiger partial charge in [0.25, 0.3) is 0 Å². The van der Waals surface area contributed by atoms with Crippen LogP contribution in [0.15, 0.2) is 18.2 Å². The third-order valence-corrected chi connectivity index (χ3v) is 3.17. The van der Waals surface area contributed by atoms with E-state index in [1.165, 1.54) is 6.92 Å². The molecule has 0 saturated heterocycles. The maximum absolute atomic E-state index is 12.2. The Bertz CT molecular complexity index is 530. The number of carbonyl (C=O) groups is 2. The Hall–Kier alpha value is -1.84. The number of aryl methyl sites for hydroxylation is 2. The van der Waals surface area contributed by atoms with E-state index < -0.39 is 0 Å². The van der Waals surface area contributed by atoms with Gasteiger partial charge in [-0.2, -0.15) is 0 Å². The number of hydrogen-bond acceptors (Lipinski definition) is 2. The van der Waals surface area contributed by atoms with Gasteiger partial charge in [0, 0.05) is 12.5 Å². The molecule has 0 unspecified atom stereocenters. The van der Waals surface area contributed by atoms with Gasteiger partial charge in [-0.25, -0.2) is 0 Å². The Balaban J connectivity index is 3.09. The summed E-state index contributed by atoms with van der Waals surface area (Å²) in [5.74, 6) is -0.272. The second kappa shape index (κ2) is 6.74. The number of hydrogen-bond donors (Lipinski definition) is 1. The predicted octanol–water partition coefficient (Wildman–Crippen LogP) is 2.83. The Labute approximate surface area is 127 Å². The summed E-state index contributed by atoms with van der Waals surface area (Å²) >= 11 is 0. The van der Waals surface area contributed by atoms with Gasteiger partial charge in [-0.05, 0) is 45.2 Å². The zero-order valence-electron chi connectivity index (χ0n) is 13.9. The molecule has 0 radical (unpaired) electrons. The van der Waals surface area contributed by atoms with Crippen molar-refractivity contribution in [1.29, 1.82) is 0 Å². The fourth-order valence-corrected chi connectivity index (χ4v) is 2.34. The lowest BCUT2D eigenvalue weighted by Crippen LogP contribution is -2.47. The monoisotopic (exact) mass is 290 g/mol. The summed E-state index contributed by atoms with van der Waals surface area (Å²) in [6, 6.07) is 5.94. The van der Waals surface area contributed by atoms with E-state index in [-0.39, 0.29) is 23.9 Å². The molecule has 0 aliphatic rings. The zero-order valence-corrected chi connectivity index (χ0v) is 13.9. The van der Waals surface area contributed by atoms with Crippen LogP contribution in [0, 0.1) is 6.92 Å². The SMILES string of the molecule is CCc1cccc(C)c1N(CC(=O)NC(C)(C)C)C(C)=O. The van der Waals surface area contributed by atoms with Crippen LogP contribution in [0.2, 0.25) is 0 Å². The second-order valence-electron chi connectivity index (χ2n) is 6.34. The van der Waals surface area contributed by atoms with Gasteiger partial charge in [-0.3, -0.25) is 9.59 Å². The van der Waals surface area contributed by atoms with Gasteiger partial charge in [0.1, 0.15) is 6.54 Å². The highest BCUT2D eigenvalue weighted by atomic mass is 16.2. The molecule has 0 aliphatic carbocycles. The lowest BCUT2D eigenvalue weighted by molar-refractivity contribution is -0.124. The summed E-state index contributed by atoms with van der Waals surface area (Å²) in [5.41, 5.74) is 2.64. The average Bonchev–Trinajstić information content (AvgIpc) is 2.33. The van der Waals surface area contributed by atoms with Crippen molar-refractivity contribution in [2.24, 2.45) is 0 Å². The lowest BCUT2D eigenvalue weighted by Gasteiger charge is -2.27. The van der Waals surface area contributed by atoms with E-state index in [1.807, 2.05) is 52.8 Å². The Morgan fingerprint density at radius 3 is 2.33 bits per heavy atom. The molecule has 4 heteroatoms. The fourth-order valence-electron chi connectivity index (χ4n) is 2.34. The molecule has 0 bridgehead atoms. The molecule has 0 heterocycles. The highest BCUT2D eigenvalue weighted by molar-refractivity contribution is 5.98. The highest BCUT2D eigenvalue weighted by Crippen LogP contribution is 2.26. The molecule has 0 fully saturated rings. The zero-order chi connectivity index (χ0) is 16.2. The number of rotatable bonds is 4. The topological polar surface area (TPSA) is 49.4 Å². The van der Waals surface area contributed by atoms with Crippen LogP contribution in [-0.2, 0) is 16.0 Å². The molecule has 0 saturated carbocycles. The van der Waals surface area contributed by atoms with E-state index in [0.29, 0.717) is 0 Å². The summed E-state index contributed by atoms with van der Waals surface area (Å²) in [6.07, 6.45) is 0.821. The van der Waals surface area contributed by atoms with Gasteiger partial charge in [-0.15, -0.1) is 0 Å².